The van der Waals surface area contributed by atoms with Crippen LogP contribution in [0.15, 0.2) is 53.3 Å². The Balaban J connectivity index is 1.82. The average molecular weight is 326 g/mol. The van der Waals surface area contributed by atoms with Crippen LogP contribution in [-0.4, -0.2) is 23.6 Å². The van der Waals surface area contributed by atoms with E-state index >= 15 is 0 Å². The number of hydrogen-bond acceptors (Lipinski definition) is 4. The van der Waals surface area contributed by atoms with E-state index in [2.05, 4.69) is 5.32 Å². The van der Waals surface area contributed by atoms with E-state index in [1.54, 1.807) is 23.1 Å². The van der Waals surface area contributed by atoms with Gasteiger partial charge in [0, 0.05) is 17.1 Å². The molecule has 124 valence electrons. The highest BCUT2D eigenvalue weighted by molar-refractivity contribution is 6.04. The summed E-state index contributed by atoms with van der Waals surface area (Å²) in [5.41, 5.74) is 1.25. The van der Waals surface area contributed by atoms with Gasteiger partial charge in [-0.15, -0.1) is 0 Å². The van der Waals surface area contributed by atoms with Crippen molar-refractivity contribution in [3.05, 3.63) is 60.2 Å². The highest BCUT2D eigenvalue weighted by atomic mass is 16.5. The van der Waals surface area contributed by atoms with Gasteiger partial charge in [-0.05, 0) is 25.1 Å². The van der Waals surface area contributed by atoms with Crippen LogP contribution in [0.2, 0.25) is 0 Å². The molecule has 24 heavy (non-hydrogen) atoms. The average Bonchev–Trinajstić information content (AvgIpc) is 3.23. The number of nitrogens with zero attached hydrogens (tertiary/aromatic N) is 1. The number of hydrogen-bond donors (Lipinski definition) is 1. The third kappa shape index (κ3) is 3.03. The molecule has 1 atom stereocenters. The lowest BCUT2D eigenvalue weighted by Gasteiger charge is -2.12. The first-order valence-corrected chi connectivity index (χ1v) is 7.59. The predicted octanol–water partition coefficient (Wildman–Crippen LogP) is 2.90. The van der Waals surface area contributed by atoms with E-state index in [-0.39, 0.29) is 18.5 Å². The lowest BCUT2D eigenvalue weighted by atomic mass is 10.2. The summed E-state index contributed by atoms with van der Waals surface area (Å²) in [7, 11) is 1.34. The highest BCUT2D eigenvalue weighted by Crippen LogP contribution is 2.22. The fourth-order valence-corrected chi connectivity index (χ4v) is 2.70. The van der Waals surface area contributed by atoms with Crippen LogP contribution in [-0.2, 0) is 16.1 Å². The van der Waals surface area contributed by atoms with Crippen molar-refractivity contribution in [2.45, 2.75) is 19.5 Å². The van der Waals surface area contributed by atoms with Crippen molar-refractivity contribution in [3.63, 3.8) is 0 Å². The Morgan fingerprint density at radius 1 is 1.25 bits per heavy atom. The Bertz CT molecular complexity index is 864. The maximum absolute atomic E-state index is 12.3. The molecule has 1 aromatic carbocycles. The van der Waals surface area contributed by atoms with Gasteiger partial charge in [-0.1, -0.05) is 18.2 Å². The number of rotatable bonds is 5. The summed E-state index contributed by atoms with van der Waals surface area (Å²) in [5.74, 6) is 0.0985. The van der Waals surface area contributed by atoms with Gasteiger partial charge in [-0.25, -0.2) is 4.79 Å². The van der Waals surface area contributed by atoms with Crippen LogP contribution in [0.3, 0.4) is 0 Å². The molecule has 1 amide bonds. The molecule has 0 unspecified atom stereocenters. The molecule has 0 saturated heterocycles. The fourth-order valence-electron chi connectivity index (χ4n) is 2.70. The van der Waals surface area contributed by atoms with Crippen molar-refractivity contribution in [2.24, 2.45) is 0 Å². The number of nitrogens with one attached hydrogen (secondary N) is 1. The van der Waals surface area contributed by atoms with Crippen LogP contribution < -0.4 is 5.32 Å². The maximum Gasteiger partial charge on any atom is 0.340 e. The van der Waals surface area contributed by atoms with E-state index < -0.39 is 5.97 Å². The molecule has 0 saturated carbocycles. The first kappa shape index (κ1) is 15.9. The van der Waals surface area contributed by atoms with Crippen LogP contribution in [0.4, 0.5) is 0 Å². The monoisotopic (exact) mass is 326 g/mol. The molecule has 3 aromatic rings. The van der Waals surface area contributed by atoms with E-state index in [0.717, 1.165) is 10.9 Å². The number of fused-ring (bicyclic) bond motifs is 1. The van der Waals surface area contributed by atoms with Gasteiger partial charge in [0.05, 0.1) is 25.0 Å². The zero-order valence-corrected chi connectivity index (χ0v) is 13.5. The van der Waals surface area contributed by atoms with E-state index in [1.165, 1.54) is 7.11 Å². The van der Waals surface area contributed by atoms with Crippen LogP contribution in [0.5, 0.6) is 0 Å². The number of ether oxygens (including phenoxy) is 1. The van der Waals surface area contributed by atoms with Crippen LogP contribution in [0.1, 0.15) is 29.1 Å². The first-order valence-electron chi connectivity index (χ1n) is 7.59. The topological polar surface area (TPSA) is 73.5 Å². The lowest BCUT2D eigenvalue weighted by molar-refractivity contribution is -0.122. The number of para-hydroxylation sites is 1. The smallest absolute Gasteiger partial charge is 0.340 e. The normalized spacial score (nSPS) is 12.1. The van der Waals surface area contributed by atoms with Gasteiger partial charge in [0.1, 0.15) is 12.3 Å². The lowest BCUT2D eigenvalue weighted by Crippen LogP contribution is -2.29. The van der Waals surface area contributed by atoms with Gasteiger partial charge in [0.2, 0.25) is 5.91 Å². The molecule has 0 bridgehead atoms. The number of carbonyl (C=O) groups is 2. The second-order valence-corrected chi connectivity index (χ2v) is 5.48. The zero-order chi connectivity index (χ0) is 17.1. The molecule has 0 radical (unpaired) electrons. The van der Waals surface area contributed by atoms with Gasteiger partial charge >= 0.3 is 5.97 Å². The minimum atomic E-state index is -0.422. The number of methoxy groups -OCH3 is 1. The molecule has 0 aliphatic carbocycles. The molecule has 0 aliphatic heterocycles. The summed E-state index contributed by atoms with van der Waals surface area (Å²) in [5, 5.41) is 3.64. The van der Waals surface area contributed by atoms with Gasteiger partial charge in [0.15, 0.2) is 0 Å². The van der Waals surface area contributed by atoms with Crippen molar-refractivity contribution in [2.75, 3.05) is 7.11 Å². The number of carbonyl (C=O) groups excluding carboxylic acids is 2. The quantitative estimate of drug-likeness (QED) is 0.732. The Morgan fingerprint density at radius 3 is 2.75 bits per heavy atom. The molecule has 1 N–H and O–H groups in total. The summed E-state index contributed by atoms with van der Waals surface area (Å²) >= 11 is 0. The fraction of sp³-hybridized carbons (Fsp3) is 0.222. The van der Waals surface area contributed by atoms with Gasteiger partial charge in [-0.2, -0.15) is 0 Å². The molecule has 0 aliphatic rings. The largest absolute Gasteiger partial charge is 0.467 e. The molecule has 6 heteroatoms. The second kappa shape index (κ2) is 6.62. The van der Waals surface area contributed by atoms with Crippen LogP contribution in [0, 0.1) is 0 Å². The van der Waals surface area contributed by atoms with Crippen molar-refractivity contribution in [1.82, 2.24) is 9.88 Å². The standard InChI is InChI=1S/C18H18N2O4/c1-12(16-8-5-9-24-16)19-17(21)11-20-10-14(18(22)23-2)13-6-3-4-7-15(13)20/h3-10,12H,11H2,1-2H3,(H,19,21)/t12-/m0/s1. The molecule has 6 nitrogen and oxygen atoms in total. The maximum atomic E-state index is 12.3. The summed E-state index contributed by atoms with van der Waals surface area (Å²) in [6, 6.07) is 10.8. The molecule has 2 heterocycles. The molecular formula is C18H18N2O4. The van der Waals surface area contributed by atoms with Gasteiger partial charge in [-0.3, -0.25) is 4.79 Å². The van der Waals surface area contributed by atoms with E-state index in [4.69, 9.17) is 9.15 Å². The molecule has 0 spiro atoms. The minimum Gasteiger partial charge on any atom is -0.467 e. The van der Waals surface area contributed by atoms with Crippen molar-refractivity contribution in [1.29, 1.82) is 0 Å². The number of esters is 1. The minimum absolute atomic E-state index is 0.0998. The van der Waals surface area contributed by atoms with Crippen LogP contribution >= 0.6 is 0 Å². The Kier molecular flexibility index (Phi) is 4.37. The Morgan fingerprint density at radius 2 is 2.04 bits per heavy atom. The summed E-state index contributed by atoms with van der Waals surface area (Å²) in [4.78, 5) is 24.2. The third-order valence-electron chi connectivity index (χ3n) is 3.86. The number of aromatic nitrogens is 1. The van der Waals surface area contributed by atoms with E-state index in [1.807, 2.05) is 37.3 Å². The van der Waals surface area contributed by atoms with E-state index in [9.17, 15) is 9.59 Å². The number of furan rings is 1. The second-order valence-electron chi connectivity index (χ2n) is 5.48. The van der Waals surface area contributed by atoms with Gasteiger partial charge in [0.25, 0.3) is 0 Å². The summed E-state index contributed by atoms with van der Waals surface area (Å²) in [6.07, 6.45) is 3.22. The molecule has 3 rings (SSSR count). The summed E-state index contributed by atoms with van der Waals surface area (Å²) < 4.78 is 11.8. The van der Waals surface area contributed by atoms with Crippen molar-refractivity contribution >= 4 is 22.8 Å². The SMILES string of the molecule is COC(=O)c1cn(CC(=O)N[C@@H](C)c2ccco2)c2ccccc12. The summed E-state index contributed by atoms with van der Waals surface area (Å²) in [6.45, 7) is 1.95. The molecule has 2 aromatic heterocycles. The van der Waals surface area contributed by atoms with E-state index in [0.29, 0.717) is 11.3 Å². The third-order valence-corrected chi connectivity index (χ3v) is 3.86. The van der Waals surface area contributed by atoms with Crippen molar-refractivity contribution in [3.8, 4) is 0 Å². The zero-order valence-electron chi connectivity index (χ0n) is 13.5. The molecule has 0 fully saturated rings. The van der Waals surface area contributed by atoms with Gasteiger partial charge < -0.3 is 19.0 Å². The molecular weight excluding hydrogens is 308 g/mol. The van der Waals surface area contributed by atoms with Crippen molar-refractivity contribution < 1.29 is 18.7 Å². The highest BCUT2D eigenvalue weighted by Gasteiger charge is 2.18. The van der Waals surface area contributed by atoms with Crippen LogP contribution in [0.25, 0.3) is 10.9 Å². The Labute approximate surface area is 139 Å². The number of amides is 1. The first-order chi connectivity index (χ1) is 11.6. The predicted molar refractivity (Wildman–Crippen MR) is 88.5 cm³/mol. The Hall–Kier alpha value is -3.02. The number of benzene rings is 1.